The number of phosphoric ester groups is 1. The van der Waals surface area contributed by atoms with Gasteiger partial charge in [0.05, 0.1) is 33.8 Å². The fourth-order valence-electron chi connectivity index (χ4n) is 9.59. The van der Waals surface area contributed by atoms with Crippen molar-refractivity contribution >= 4 is 19.7 Å². The molecule has 0 fully saturated rings. The SMILES string of the molecule is CC/C=C/C=C/C=C\CCCCCCCC(=O)NC(COP(=O)(O)OCC[N+](C)(C)C)C(/C=C\CCCCCCCCCCCC)OC(=O)CCCCCCCCCCCCCCCCCCCCCCCCCCC. The van der Waals surface area contributed by atoms with E-state index in [0.717, 1.165) is 83.5 Å². The normalized spacial score (nSPS) is 13.9. The third-order valence-corrected chi connectivity index (χ3v) is 15.6. The van der Waals surface area contributed by atoms with Crippen LogP contribution in [0.5, 0.6) is 0 Å². The third-order valence-electron chi connectivity index (χ3n) is 14.6. The van der Waals surface area contributed by atoms with Crippen LogP contribution in [-0.4, -0.2) is 74.3 Å². The van der Waals surface area contributed by atoms with Crippen LogP contribution in [0.15, 0.2) is 48.6 Å². The number of nitrogens with zero attached hydrogens (tertiary/aromatic N) is 1. The van der Waals surface area contributed by atoms with E-state index in [-0.39, 0.29) is 25.1 Å². The number of hydrogen-bond acceptors (Lipinski definition) is 6. The topological polar surface area (TPSA) is 111 Å². The summed E-state index contributed by atoms with van der Waals surface area (Å²) in [5, 5.41) is 3.04. The molecule has 0 rings (SSSR count). The molecule has 0 aliphatic carbocycles. The molecule has 0 aromatic heterocycles. The quantitative estimate of drug-likeness (QED) is 0.0156. The molecule has 0 aliphatic rings. The highest BCUT2D eigenvalue weighted by Gasteiger charge is 2.30. The number of nitrogens with one attached hydrogen (secondary N) is 1. The van der Waals surface area contributed by atoms with Gasteiger partial charge < -0.3 is 19.4 Å². The molecule has 0 aromatic rings. The molecule has 0 heterocycles. The summed E-state index contributed by atoms with van der Waals surface area (Å²) >= 11 is 0. The number of phosphoric acid groups is 1. The van der Waals surface area contributed by atoms with Gasteiger partial charge in [0.1, 0.15) is 19.3 Å². The van der Waals surface area contributed by atoms with Crippen molar-refractivity contribution in [2.45, 2.75) is 322 Å². The number of likely N-dealkylation sites (N-methyl/N-ethyl adjacent to an activating group) is 1. The first-order valence-corrected chi connectivity index (χ1v) is 34.0. The number of amides is 1. The summed E-state index contributed by atoms with van der Waals surface area (Å²) in [5.41, 5.74) is 0. The van der Waals surface area contributed by atoms with Gasteiger partial charge in [-0.25, -0.2) is 4.57 Å². The van der Waals surface area contributed by atoms with Crippen molar-refractivity contribution in [2.24, 2.45) is 0 Å². The molecule has 446 valence electrons. The molecular weight excluding hydrogens is 964 g/mol. The number of esters is 1. The van der Waals surface area contributed by atoms with Crippen molar-refractivity contribution in [1.29, 1.82) is 0 Å². The van der Waals surface area contributed by atoms with E-state index >= 15 is 0 Å². The second kappa shape index (κ2) is 56.3. The van der Waals surface area contributed by atoms with Crippen LogP contribution in [0.4, 0.5) is 0 Å². The molecule has 9 nitrogen and oxygen atoms in total. The number of hydrogen-bond donors (Lipinski definition) is 2. The summed E-state index contributed by atoms with van der Waals surface area (Å²) in [7, 11) is 1.49. The summed E-state index contributed by atoms with van der Waals surface area (Å²) < 4.78 is 30.7. The first-order chi connectivity index (χ1) is 36.9. The lowest BCUT2D eigenvalue weighted by atomic mass is 10.0. The summed E-state index contributed by atoms with van der Waals surface area (Å²) in [5.74, 6) is -0.518. The van der Waals surface area contributed by atoms with Crippen molar-refractivity contribution in [2.75, 3.05) is 40.9 Å². The first kappa shape index (κ1) is 74.0. The Morgan fingerprint density at radius 2 is 0.842 bits per heavy atom. The van der Waals surface area contributed by atoms with Gasteiger partial charge >= 0.3 is 13.8 Å². The molecule has 0 spiro atoms. The molecule has 10 heteroatoms. The lowest BCUT2D eigenvalue weighted by Crippen LogP contribution is -2.47. The maximum absolute atomic E-state index is 13.5. The number of ether oxygens (including phenoxy) is 1. The van der Waals surface area contributed by atoms with Gasteiger partial charge in [-0.15, -0.1) is 0 Å². The molecule has 0 radical (unpaired) electrons. The summed E-state index contributed by atoms with van der Waals surface area (Å²) in [6, 6.07) is -0.856. The average molecular weight is 1090 g/mol. The Kier molecular flexibility index (Phi) is 54.7. The van der Waals surface area contributed by atoms with Crippen LogP contribution < -0.4 is 5.32 Å². The van der Waals surface area contributed by atoms with Crippen LogP contribution in [0.3, 0.4) is 0 Å². The smallest absolute Gasteiger partial charge is 0.456 e. The maximum atomic E-state index is 13.5. The Balaban J connectivity index is 5.04. The van der Waals surface area contributed by atoms with E-state index in [9.17, 15) is 19.0 Å². The Labute approximate surface area is 471 Å². The van der Waals surface area contributed by atoms with Crippen LogP contribution in [0.25, 0.3) is 0 Å². The lowest BCUT2D eigenvalue weighted by molar-refractivity contribution is -0.870. The number of carbonyl (C=O) groups excluding carboxylic acids is 2. The zero-order valence-corrected chi connectivity index (χ0v) is 51.9. The van der Waals surface area contributed by atoms with E-state index in [2.05, 4.69) is 62.5 Å². The van der Waals surface area contributed by atoms with Gasteiger partial charge in [0.25, 0.3) is 0 Å². The first-order valence-electron chi connectivity index (χ1n) is 32.5. The summed E-state index contributed by atoms with van der Waals surface area (Å²) in [4.78, 5) is 37.7. The van der Waals surface area contributed by atoms with E-state index < -0.39 is 20.0 Å². The highest BCUT2D eigenvalue weighted by molar-refractivity contribution is 7.47. The highest BCUT2D eigenvalue weighted by atomic mass is 31.2. The molecule has 2 N–H and O–H groups in total. The standard InChI is InChI=1S/C66H125N2O7P/c1-7-10-13-16-19-22-25-28-29-30-31-32-33-34-35-36-37-38-39-41-44-47-50-53-56-59-66(70)75-64(57-54-51-48-45-42-27-24-21-18-15-12-9-3)63(62-74-76(71,72)73-61-60-68(4,5)6)67-65(69)58-55-52-49-46-43-40-26-23-20-17-14-11-8-2/h11,14,17,20,23,26,54,57,63-64H,7-10,12-13,15-16,18-19,21-22,24-25,27-53,55-56,58-62H2,1-6H3,(H-,67,69,71,72)/p+1/b14-11+,20-17+,26-23-,57-54-. The number of rotatable bonds is 59. The van der Waals surface area contributed by atoms with Crippen molar-refractivity contribution < 1.29 is 37.3 Å². The second-order valence-corrected chi connectivity index (χ2v) is 24.8. The van der Waals surface area contributed by atoms with Crippen LogP contribution in [0.1, 0.15) is 310 Å². The van der Waals surface area contributed by atoms with E-state index in [0.29, 0.717) is 23.9 Å². The fraction of sp³-hybridized carbons (Fsp3) is 0.848. The van der Waals surface area contributed by atoms with Crippen LogP contribution in [-0.2, 0) is 27.9 Å². The van der Waals surface area contributed by atoms with Gasteiger partial charge in [-0.1, -0.05) is 294 Å². The Bertz CT molecular complexity index is 1440. The van der Waals surface area contributed by atoms with Gasteiger partial charge in [-0.05, 0) is 51.0 Å². The lowest BCUT2D eigenvalue weighted by Gasteiger charge is -2.27. The van der Waals surface area contributed by atoms with Gasteiger partial charge in [-0.2, -0.15) is 0 Å². The Morgan fingerprint density at radius 1 is 0.474 bits per heavy atom. The Hall–Kier alpha value is -2.03. The molecule has 3 unspecified atom stereocenters. The number of allylic oxidation sites excluding steroid dienone is 7. The van der Waals surface area contributed by atoms with E-state index in [1.54, 1.807) is 0 Å². The molecule has 1 amide bonds. The third kappa shape index (κ3) is 56.7. The number of quaternary nitrogens is 1. The van der Waals surface area contributed by atoms with Crippen molar-refractivity contribution in [3.8, 4) is 0 Å². The maximum Gasteiger partial charge on any atom is 0.472 e. The van der Waals surface area contributed by atoms with Gasteiger partial charge in [0.2, 0.25) is 5.91 Å². The minimum atomic E-state index is -4.45. The second-order valence-electron chi connectivity index (χ2n) is 23.3. The highest BCUT2D eigenvalue weighted by Crippen LogP contribution is 2.43. The molecule has 76 heavy (non-hydrogen) atoms. The van der Waals surface area contributed by atoms with E-state index in [1.165, 1.54) is 193 Å². The molecule has 0 bridgehead atoms. The summed E-state index contributed by atoms with van der Waals surface area (Å²) in [6.07, 6.45) is 69.9. The predicted octanol–water partition coefficient (Wildman–Crippen LogP) is 20.1. The monoisotopic (exact) mass is 1090 g/mol. The van der Waals surface area contributed by atoms with Gasteiger partial charge in [0, 0.05) is 12.8 Å². The van der Waals surface area contributed by atoms with Crippen molar-refractivity contribution in [1.82, 2.24) is 5.32 Å². The molecule has 0 aliphatic heterocycles. The summed E-state index contributed by atoms with van der Waals surface area (Å²) in [6.45, 7) is 6.89. The fourth-order valence-corrected chi connectivity index (χ4v) is 10.3. The zero-order chi connectivity index (χ0) is 55.7. The van der Waals surface area contributed by atoms with Crippen molar-refractivity contribution in [3.63, 3.8) is 0 Å². The minimum Gasteiger partial charge on any atom is -0.456 e. The van der Waals surface area contributed by atoms with Crippen molar-refractivity contribution in [3.05, 3.63) is 48.6 Å². The molecule has 0 saturated carbocycles. The molecule has 0 saturated heterocycles. The van der Waals surface area contributed by atoms with E-state index in [4.69, 9.17) is 13.8 Å². The average Bonchev–Trinajstić information content (AvgIpc) is 3.38. The van der Waals surface area contributed by atoms with Gasteiger partial charge in [-0.3, -0.25) is 18.6 Å². The van der Waals surface area contributed by atoms with Crippen LogP contribution in [0, 0.1) is 0 Å². The molecule has 3 atom stereocenters. The van der Waals surface area contributed by atoms with Gasteiger partial charge in [0.15, 0.2) is 0 Å². The minimum absolute atomic E-state index is 0.0368. The Morgan fingerprint density at radius 3 is 1.25 bits per heavy atom. The largest absolute Gasteiger partial charge is 0.472 e. The van der Waals surface area contributed by atoms with Crippen LogP contribution >= 0.6 is 7.82 Å². The number of carbonyl (C=O) groups is 2. The number of unbranched alkanes of at least 4 members (excludes halogenated alkanes) is 39. The molecular formula is C66H126N2O7P+. The van der Waals surface area contributed by atoms with Crippen LogP contribution in [0.2, 0.25) is 0 Å². The molecule has 0 aromatic carbocycles. The van der Waals surface area contributed by atoms with E-state index in [1.807, 2.05) is 33.3 Å². The predicted molar refractivity (Wildman–Crippen MR) is 328 cm³/mol. The zero-order valence-electron chi connectivity index (χ0n) is 51.0.